The molecule has 9 heteroatoms. The van der Waals surface area contributed by atoms with E-state index in [0.717, 1.165) is 24.9 Å². The molecule has 0 amide bonds. The Labute approximate surface area is 181 Å². The lowest BCUT2D eigenvalue weighted by Gasteiger charge is -2.23. The van der Waals surface area contributed by atoms with Gasteiger partial charge in [-0.05, 0) is 37.5 Å². The normalized spacial score (nSPS) is 15.8. The van der Waals surface area contributed by atoms with Gasteiger partial charge in [0.2, 0.25) is 5.95 Å². The molecule has 6 N–H and O–H groups in total. The molecule has 0 aliphatic heterocycles. The number of hydrogen-bond acceptors (Lipinski definition) is 8. The summed E-state index contributed by atoms with van der Waals surface area (Å²) in [4.78, 5) is 14.0. The maximum Gasteiger partial charge on any atom is 0.227 e. The number of benzene rings is 1. The molecule has 1 unspecified atom stereocenters. The number of aliphatic hydroxyl groups excluding tert-OH is 1. The lowest BCUT2D eigenvalue weighted by molar-refractivity contribution is 0.271. The second-order valence-corrected chi connectivity index (χ2v) is 8.19. The van der Waals surface area contributed by atoms with E-state index >= 15 is 0 Å². The van der Waals surface area contributed by atoms with Gasteiger partial charge in [-0.3, -0.25) is 0 Å². The minimum atomic E-state index is -0.130. The molecule has 1 aliphatic carbocycles. The van der Waals surface area contributed by atoms with Gasteiger partial charge in [-0.15, -0.1) is 0 Å². The lowest BCUT2D eigenvalue weighted by atomic mass is 9.95. The number of nitrogens with zero attached hydrogens (tertiary/aromatic N) is 4. The van der Waals surface area contributed by atoms with Crippen LogP contribution in [0.5, 0.6) is 5.75 Å². The van der Waals surface area contributed by atoms with E-state index in [-0.39, 0.29) is 18.4 Å². The molecular weight excluding hydrogens is 394 g/mol. The Kier molecular flexibility index (Phi) is 6.41. The van der Waals surface area contributed by atoms with Crippen molar-refractivity contribution in [3.05, 3.63) is 30.1 Å². The number of anilines is 3. The number of imidazole rings is 1. The second kappa shape index (κ2) is 9.38. The van der Waals surface area contributed by atoms with Crippen LogP contribution in [0.3, 0.4) is 0 Å². The zero-order valence-electron chi connectivity index (χ0n) is 17.9. The fourth-order valence-electron chi connectivity index (χ4n) is 4.12. The first-order valence-corrected chi connectivity index (χ1v) is 11.0. The highest BCUT2D eigenvalue weighted by atomic mass is 16.3. The Morgan fingerprint density at radius 1 is 1.23 bits per heavy atom. The largest absolute Gasteiger partial charge is 0.508 e. The summed E-state index contributed by atoms with van der Waals surface area (Å²) in [5.74, 6) is 1.20. The molecule has 3 aromatic rings. The Morgan fingerprint density at radius 3 is 2.77 bits per heavy atom. The highest BCUT2D eigenvalue weighted by Crippen LogP contribution is 2.32. The number of phenols is 1. The van der Waals surface area contributed by atoms with Crippen LogP contribution in [0.15, 0.2) is 24.5 Å². The van der Waals surface area contributed by atoms with Crippen LogP contribution in [0, 0.1) is 0 Å². The molecule has 1 saturated carbocycles. The van der Waals surface area contributed by atoms with Crippen molar-refractivity contribution in [3.63, 3.8) is 0 Å². The van der Waals surface area contributed by atoms with E-state index in [9.17, 15) is 10.2 Å². The summed E-state index contributed by atoms with van der Waals surface area (Å²) < 4.78 is 2.16. The van der Waals surface area contributed by atoms with Gasteiger partial charge < -0.3 is 31.1 Å². The lowest BCUT2D eigenvalue weighted by Crippen LogP contribution is -2.24. The fourth-order valence-corrected chi connectivity index (χ4v) is 4.12. The third-order valence-corrected chi connectivity index (χ3v) is 5.99. The van der Waals surface area contributed by atoms with Crippen molar-refractivity contribution >= 4 is 28.6 Å². The van der Waals surface area contributed by atoms with Gasteiger partial charge in [0.15, 0.2) is 17.0 Å². The topological polar surface area (TPSA) is 134 Å². The first kappa shape index (κ1) is 21.2. The van der Waals surface area contributed by atoms with E-state index in [4.69, 9.17) is 10.7 Å². The molecule has 2 heterocycles. The van der Waals surface area contributed by atoms with Crippen LogP contribution in [0.2, 0.25) is 0 Å². The SMILES string of the molecule is CCC(CO)Nc1nc(NCc2cc(N)ccc2O)c2ncn(C3CCCCC3)c2n1. The fraction of sp³-hybridized carbons (Fsp3) is 0.500. The molecule has 1 aliphatic rings. The van der Waals surface area contributed by atoms with Gasteiger partial charge in [-0.2, -0.15) is 9.97 Å². The van der Waals surface area contributed by atoms with Crippen molar-refractivity contribution in [3.8, 4) is 5.75 Å². The van der Waals surface area contributed by atoms with Gasteiger partial charge in [-0.25, -0.2) is 4.98 Å². The molecule has 0 radical (unpaired) electrons. The maximum absolute atomic E-state index is 10.1. The molecule has 0 saturated heterocycles. The molecule has 1 fully saturated rings. The van der Waals surface area contributed by atoms with E-state index in [1.807, 2.05) is 13.3 Å². The average molecular weight is 426 g/mol. The summed E-state index contributed by atoms with van der Waals surface area (Å²) >= 11 is 0. The number of phenolic OH excluding ortho intramolecular Hbond substituents is 1. The van der Waals surface area contributed by atoms with Gasteiger partial charge >= 0.3 is 0 Å². The number of nitrogen functional groups attached to an aromatic ring is 1. The minimum absolute atomic E-state index is 0.000287. The molecule has 0 spiro atoms. The molecule has 4 rings (SSSR count). The van der Waals surface area contributed by atoms with Gasteiger partial charge in [0, 0.05) is 23.8 Å². The maximum atomic E-state index is 10.1. The molecule has 1 aromatic carbocycles. The summed E-state index contributed by atoms with van der Waals surface area (Å²) in [5, 5.41) is 26.3. The molecule has 2 aromatic heterocycles. The summed E-state index contributed by atoms with van der Waals surface area (Å²) in [7, 11) is 0. The van der Waals surface area contributed by atoms with Crippen molar-refractivity contribution < 1.29 is 10.2 Å². The number of nitrogens with one attached hydrogen (secondary N) is 2. The van der Waals surface area contributed by atoms with E-state index < -0.39 is 0 Å². The number of fused-ring (bicyclic) bond motifs is 1. The number of aromatic hydroxyl groups is 1. The van der Waals surface area contributed by atoms with Crippen LogP contribution in [0.4, 0.5) is 17.5 Å². The van der Waals surface area contributed by atoms with Crippen LogP contribution in [0.25, 0.3) is 11.2 Å². The van der Waals surface area contributed by atoms with Crippen molar-refractivity contribution in [1.82, 2.24) is 19.5 Å². The Bertz CT molecular complexity index is 1030. The molecule has 9 nitrogen and oxygen atoms in total. The van der Waals surface area contributed by atoms with Gasteiger partial charge in [0.25, 0.3) is 0 Å². The number of aliphatic hydroxyl groups is 1. The zero-order chi connectivity index (χ0) is 21.8. The molecule has 31 heavy (non-hydrogen) atoms. The number of hydrogen-bond donors (Lipinski definition) is 5. The molecule has 166 valence electrons. The quantitative estimate of drug-likeness (QED) is 0.274. The third kappa shape index (κ3) is 4.66. The van der Waals surface area contributed by atoms with E-state index in [1.165, 1.54) is 19.3 Å². The Balaban J connectivity index is 1.69. The van der Waals surface area contributed by atoms with E-state index in [1.54, 1.807) is 18.2 Å². The van der Waals surface area contributed by atoms with Crippen LogP contribution >= 0.6 is 0 Å². The van der Waals surface area contributed by atoms with Crippen molar-refractivity contribution in [2.75, 3.05) is 23.0 Å². The zero-order valence-corrected chi connectivity index (χ0v) is 17.9. The number of rotatable bonds is 8. The molecular formula is C22H31N7O2. The van der Waals surface area contributed by atoms with Crippen LogP contribution in [-0.4, -0.2) is 42.4 Å². The van der Waals surface area contributed by atoms with Crippen LogP contribution < -0.4 is 16.4 Å². The van der Waals surface area contributed by atoms with E-state index in [2.05, 4.69) is 25.2 Å². The van der Waals surface area contributed by atoms with Gasteiger partial charge in [0.05, 0.1) is 19.0 Å². The van der Waals surface area contributed by atoms with E-state index in [0.29, 0.717) is 41.1 Å². The van der Waals surface area contributed by atoms with Gasteiger partial charge in [0.1, 0.15) is 5.75 Å². The predicted octanol–water partition coefficient (Wildman–Crippen LogP) is 3.41. The highest BCUT2D eigenvalue weighted by molar-refractivity contribution is 5.84. The number of aromatic nitrogens is 4. The summed E-state index contributed by atoms with van der Waals surface area (Å²) in [5.41, 5.74) is 8.59. The average Bonchev–Trinajstić information content (AvgIpc) is 3.22. The monoisotopic (exact) mass is 425 g/mol. The molecule has 1 atom stereocenters. The van der Waals surface area contributed by atoms with Crippen LogP contribution in [0.1, 0.15) is 57.1 Å². The third-order valence-electron chi connectivity index (χ3n) is 5.99. The molecule has 0 bridgehead atoms. The first-order valence-electron chi connectivity index (χ1n) is 11.0. The smallest absolute Gasteiger partial charge is 0.227 e. The summed E-state index contributed by atoms with van der Waals surface area (Å²) in [6.07, 6.45) is 8.53. The van der Waals surface area contributed by atoms with Crippen molar-refractivity contribution in [1.29, 1.82) is 0 Å². The summed E-state index contributed by atoms with van der Waals surface area (Å²) in [6.45, 7) is 2.34. The van der Waals surface area contributed by atoms with Crippen molar-refractivity contribution in [2.45, 2.75) is 64.1 Å². The Hall–Kier alpha value is -3.07. The van der Waals surface area contributed by atoms with Gasteiger partial charge in [-0.1, -0.05) is 26.2 Å². The second-order valence-electron chi connectivity index (χ2n) is 8.19. The van der Waals surface area contributed by atoms with Crippen LogP contribution in [-0.2, 0) is 6.54 Å². The Morgan fingerprint density at radius 2 is 2.03 bits per heavy atom. The predicted molar refractivity (Wildman–Crippen MR) is 122 cm³/mol. The highest BCUT2D eigenvalue weighted by Gasteiger charge is 2.21. The minimum Gasteiger partial charge on any atom is -0.508 e. The number of nitrogens with two attached hydrogens (primary N) is 1. The standard InChI is InChI=1S/C22H31N7O2/c1-2-16(12-30)26-22-27-20(24-11-14-10-15(23)8-9-18(14)31)19-21(28-22)29(13-25-19)17-6-4-3-5-7-17/h8-10,13,16-17,30-31H,2-7,11-12,23H2,1H3,(H2,24,26,27,28). The first-order chi connectivity index (χ1) is 15.1. The van der Waals surface area contributed by atoms with Crippen molar-refractivity contribution in [2.24, 2.45) is 0 Å². The summed E-state index contributed by atoms with van der Waals surface area (Å²) in [6, 6.07) is 5.23.